The average Bonchev–Trinajstić information content (AvgIpc) is 2.68. The molecule has 0 saturated heterocycles. The predicted octanol–water partition coefficient (Wildman–Crippen LogP) is 3.93. The minimum absolute atomic E-state index is 0.259. The number of hydrogen-bond donors (Lipinski definition) is 1. The van der Waals surface area contributed by atoms with Gasteiger partial charge in [-0.15, -0.1) is 0 Å². The zero-order valence-corrected chi connectivity index (χ0v) is 14.9. The number of carbonyl (C=O) groups is 1. The minimum atomic E-state index is -0.259. The van der Waals surface area contributed by atoms with Gasteiger partial charge in [0.2, 0.25) is 0 Å². The number of methoxy groups -OCH3 is 2. The molecular formula is C21H20N2O3. The first-order valence-corrected chi connectivity index (χ1v) is 8.17. The van der Waals surface area contributed by atoms with Gasteiger partial charge in [-0.2, -0.15) is 5.10 Å². The molecule has 0 atom stereocenters. The maximum Gasteiger partial charge on any atom is 0.271 e. The van der Waals surface area contributed by atoms with Crippen LogP contribution < -0.4 is 14.9 Å². The number of benzene rings is 3. The highest BCUT2D eigenvalue weighted by molar-refractivity contribution is 5.99. The maximum absolute atomic E-state index is 12.3. The smallest absolute Gasteiger partial charge is 0.271 e. The molecule has 0 aliphatic carbocycles. The molecular weight excluding hydrogens is 328 g/mol. The average molecular weight is 348 g/mol. The van der Waals surface area contributed by atoms with Crippen molar-refractivity contribution in [3.63, 3.8) is 0 Å². The number of hydrazone groups is 1. The number of ether oxygens (including phenoxy) is 2. The Balaban J connectivity index is 1.76. The van der Waals surface area contributed by atoms with Crippen molar-refractivity contribution in [3.05, 3.63) is 71.3 Å². The van der Waals surface area contributed by atoms with Crippen molar-refractivity contribution in [1.82, 2.24) is 5.43 Å². The molecule has 1 N–H and O–H groups in total. The number of carbonyl (C=O) groups excluding carboxylic acids is 1. The van der Waals surface area contributed by atoms with Crippen molar-refractivity contribution in [2.24, 2.45) is 5.10 Å². The lowest BCUT2D eigenvalue weighted by Crippen LogP contribution is -2.17. The molecule has 0 spiro atoms. The van der Waals surface area contributed by atoms with Crippen molar-refractivity contribution >= 4 is 22.9 Å². The Kier molecular flexibility index (Phi) is 5.17. The Labute approximate surface area is 152 Å². The number of nitrogens with zero attached hydrogens (tertiary/aromatic N) is 1. The van der Waals surface area contributed by atoms with Gasteiger partial charge in [0.25, 0.3) is 5.91 Å². The molecule has 1 amide bonds. The second-order valence-corrected chi connectivity index (χ2v) is 5.82. The number of rotatable bonds is 5. The monoisotopic (exact) mass is 348 g/mol. The third-order valence-corrected chi connectivity index (χ3v) is 4.15. The number of hydrogen-bond acceptors (Lipinski definition) is 4. The second-order valence-electron chi connectivity index (χ2n) is 5.82. The van der Waals surface area contributed by atoms with Crippen LogP contribution in [-0.4, -0.2) is 26.3 Å². The van der Waals surface area contributed by atoms with E-state index >= 15 is 0 Å². The van der Waals surface area contributed by atoms with Crippen LogP contribution in [0.25, 0.3) is 10.8 Å². The van der Waals surface area contributed by atoms with Crippen LogP contribution in [0.2, 0.25) is 0 Å². The lowest BCUT2D eigenvalue weighted by atomic mass is 10.1. The van der Waals surface area contributed by atoms with Crippen LogP contribution in [0.5, 0.6) is 11.5 Å². The Bertz CT molecular complexity index is 980. The van der Waals surface area contributed by atoms with Crippen LogP contribution in [0.4, 0.5) is 0 Å². The fraction of sp³-hybridized carbons (Fsp3) is 0.143. The van der Waals surface area contributed by atoms with E-state index in [0.717, 1.165) is 21.9 Å². The summed E-state index contributed by atoms with van der Waals surface area (Å²) in [6, 6.07) is 17.1. The standard InChI is InChI=1S/C21H20N2O3/c1-14-10-19(25-2)20(26-3)12-18(14)13-22-23-21(24)17-9-8-15-6-4-5-7-16(15)11-17/h4-13H,1-3H3,(H,23,24). The summed E-state index contributed by atoms with van der Waals surface area (Å²) in [5.41, 5.74) is 4.92. The van der Waals surface area contributed by atoms with Gasteiger partial charge in [0.05, 0.1) is 20.4 Å². The summed E-state index contributed by atoms with van der Waals surface area (Å²) in [5, 5.41) is 6.17. The highest BCUT2D eigenvalue weighted by atomic mass is 16.5. The quantitative estimate of drug-likeness (QED) is 0.561. The fourth-order valence-corrected chi connectivity index (χ4v) is 2.69. The van der Waals surface area contributed by atoms with E-state index in [2.05, 4.69) is 10.5 Å². The molecule has 0 aromatic heterocycles. The van der Waals surface area contributed by atoms with Crippen LogP contribution in [0.1, 0.15) is 21.5 Å². The minimum Gasteiger partial charge on any atom is -0.493 e. The summed E-state index contributed by atoms with van der Waals surface area (Å²) in [6.45, 7) is 1.94. The van der Waals surface area contributed by atoms with E-state index in [1.54, 1.807) is 26.5 Å². The third kappa shape index (κ3) is 3.67. The zero-order valence-electron chi connectivity index (χ0n) is 14.9. The van der Waals surface area contributed by atoms with Crippen LogP contribution in [0.15, 0.2) is 59.7 Å². The molecule has 0 saturated carbocycles. The molecule has 132 valence electrons. The summed E-state index contributed by atoms with van der Waals surface area (Å²) >= 11 is 0. The van der Waals surface area contributed by atoms with Crippen LogP contribution in [-0.2, 0) is 0 Å². The van der Waals surface area contributed by atoms with Crippen molar-refractivity contribution in [2.75, 3.05) is 14.2 Å². The lowest BCUT2D eigenvalue weighted by Gasteiger charge is -2.10. The molecule has 0 fully saturated rings. The molecule has 26 heavy (non-hydrogen) atoms. The van der Waals surface area contributed by atoms with E-state index in [4.69, 9.17) is 9.47 Å². The summed E-state index contributed by atoms with van der Waals surface area (Å²) in [7, 11) is 3.17. The lowest BCUT2D eigenvalue weighted by molar-refractivity contribution is 0.0955. The third-order valence-electron chi connectivity index (χ3n) is 4.15. The highest BCUT2D eigenvalue weighted by Gasteiger charge is 2.08. The number of nitrogens with one attached hydrogen (secondary N) is 1. The van der Waals surface area contributed by atoms with Crippen LogP contribution in [0, 0.1) is 6.92 Å². The molecule has 0 radical (unpaired) electrons. The molecule has 0 heterocycles. The van der Waals surface area contributed by atoms with Gasteiger partial charge in [-0.1, -0.05) is 30.3 Å². The topological polar surface area (TPSA) is 59.9 Å². The summed E-state index contributed by atoms with van der Waals surface area (Å²) in [5.74, 6) is 1.01. The Morgan fingerprint density at radius 1 is 0.962 bits per heavy atom. The Hall–Kier alpha value is -3.34. The first kappa shape index (κ1) is 17.5. The SMILES string of the molecule is COc1cc(C)c(C=NNC(=O)c2ccc3ccccc3c2)cc1OC. The van der Waals surface area contributed by atoms with Gasteiger partial charge >= 0.3 is 0 Å². The van der Waals surface area contributed by atoms with E-state index < -0.39 is 0 Å². The first-order valence-electron chi connectivity index (χ1n) is 8.17. The van der Waals surface area contributed by atoms with Crippen molar-refractivity contribution in [3.8, 4) is 11.5 Å². The predicted molar refractivity (Wildman–Crippen MR) is 103 cm³/mol. The van der Waals surface area contributed by atoms with Gasteiger partial charge in [0, 0.05) is 11.1 Å². The van der Waals surface area contributed by atoms with Crippen molar-refractivity contribution < 1.29 is 14.3 Å². The molecule has 0 aliphatic rings. The van der Waals surface area contributed by atoms with E-state index in [0.29, 0.717) is 17.1 Å². The number of fused-ring (bicyclic) bond motifs is 1. The Morgan fingerprint density at radius 3 is 2.38 bits per heavy atom. The maximum atomic E-state index is 12.3. The largest absolute Gasteiger partial charge is 0.493 e. The molecule has 3 aromatic rings. The van der Waals surface area contributed by atoms with E-state index in [9.17, 15) is 4.79 Å². The molecule has 0 bridgehead atoms. The first-order chi connectivity index (χ1) is 12.6. The second kappa shape index (κ2) is 7.70. The van der Waals surface area contributed by atoms with Gasteiger partial charge in [-0.05, 0) is 47.5 Å². The van der Waals surface area contributed by atoms with Gasteiger partial charge in [-0.25, -0.2) is 5.43 Å². The molecule has 5 nitrogen and oxygen atoms in total. The summed E-state index contributed by atoms with van der Waals surface area (Å²) in [4.78, 5) is 12.3. The highest BCUT2D eigenvalue weighted by Crippen LogP contribution is 2.29. The van der Waals surface area contributed by atoms with Gasteiger partial charge < -0.3 is 9.47 Å². The molecule has 3 aromatic carbocycles. The zero-order chi connectivity index (χ0) is 18.5. The van der Waals surface area contributed by atoms with Gasteiger partial charge in [-0.3, -0.25) is 4.79 Å². The summed E-state index contributed by atoms with van der Waals surface area (Å²) in [6.07, 6.45) is 1.59. The van der Waals surface area contributed by atoms with Crippen molar-refractivity contribution in [1.29, 1.82) is 0 Å². The van der Waals surface area contributed by atoms with Gasteiger partial charge in [0.1, 0.15) is 0 Å². The normalized spacial score (nSPS) is 10.9. The molecule has 0 unspecified atom stereocenters. The number of amides is 1. The van der Waals surface area contributed by atoms with Crippen molar-refractivity contribution in [2.45, 2.75) is 6.92 Å². The molecule has 3 rings (SSSR count). The van der Waals surface area contributed by atoms with Crippen LogP contribution >= 0.6 is 0 Å². The van der Waals surface area contributed by atoms with Gasteiger partial charge in [0.15, 0.2) is 11.5 Å². The van der Waals surface area contributed by atoms with Crippen LogP contribution in [0.3, 0.4) is 0 Å². The Morgan fingerprint density at radius 2 is 1.65 bits per heavy atom. The van der Waals surface area contributed by atoms with E-state index in [-0.39, 0.29) is 5.91 Å². The van der Waals surface area contributed by atoms with E-state index in [1.807, 2.05) is 55.5 Å². The molecule has 5 heteroatoms. The summed E-state index contributed by atoms with van der Waals surface area (Å²) < 4.78 is 10.6. The molecule has 0 aliphatic heterocycles. The van der Waals surface area contributed by atoms with E-state index in [1.165, 1.54) is 0 Å². The fourth-order valence-electron chi connectivity index (χ4n) is 2.69. The number of aryl methyl sites for hydroxylation is 1.